The van der Waals surface area contributed by atoms with E-state index in [1.165, 1.54) is 17.5 Å². The molecule has 1 saturated carbocycles. The molecule has 1 atom stereocenters. The van der Waals surface area contributed by atoms with Gasteiger partial charge in [-0.25, -0.2) is 4.98 Å². The topological polar surface area (TPSA) is 12.9 Å². The van der Waals surface area contributed by atoms with Crippen molar-refractivity contribution in [3.05, 3.63) is 82.9 Å². The fourth-order valence-electron chi connectivity index (χ4n) is 2.70. The van der Waals surface area contributed by atoms with Gasteiger partial charge in [-0.3, -0.25) is 0 Å². The highest BCUT2D eigenvalue weighted by atomic mass is 35.5. The molecule has 0 N–H and O–H groups in total. The Hall–Kier alpha value is -2.12. The average molecular weight is 305 g/mol. The van der Waals surface area contributed by atoms with E-state index in [4.69, 9.17) is 11.6 Å². The highest BCUT2D eigenvalue weighted by molar-refractivity contribution is 6.31. The zero-order chi connectivity index (χ0) is 14.9. The summed E-state index contributed by atoms with van der Waals surface area (Å²) in [6.07, 6.45) is 7.75. The Bertz CT molecular complexity index is 862. The normalized spacial score (nSPS) is 14.8. The Kier molecular flexibility index (Phi) is 3.44. The molecular weight excluding hydrogens is 290 g/mol. The Balaban J connectivity index is 1.68. The minimum Gasteiger partial charge on any atom is -0.248 e. The molecule has 0 amide bonds. The van der Waals surface area contributed by atoms with Crippen LogP contribution in [0.3, 0.4) is 0 Å². The Labute approximate surface area is 135 Å². The minimum atomic E-state index is 0.629. The molecule has 22 heavy (non-hydrogen) atoms. The zero-order valence-corrected chi connectivity index (χ0v) is 12.8. The van der Waals surface area contributed by atoms with Crippen molar-refractivity contribution in [3.8, 4) is 0 Å². The van der Waals surface area contributed by atoms with E-state index in [2.05, 4.69) is 53.9 Å². The van der Waals surface area contributed by atoms with Gasteiger partial charge in [0.25, 0.3) is 0 Å². The first-order valence-electron chi connectivity index (χ1n) is 7.46. The zero-order valence-electron chi connectivity index (χ0n) is 12.0. The maximum Gasteiger partial charge on any atom is 0.0724 e. The first-order valence-corrected chi connectivity index (χ1v) is 7.84. The third-order valence-electron chi connectivity index (χ3n) is 3.98. The van der Waals surface area contributed by atoms with Crippen molar-refractivity contribution in [2.45, 2.75) is 12.3 Å². The summed E-state index contributed by atoms with van der Waals surface area (Å²) < 4.78 is 0. The van der Waals surface area contributed by atoms with Gasteiger partial charge in [0, 0.05) is 10.4 Å². The summed E-state index contributed by atoms with van der Waals surface area (Å²) >= 11 is 6.05. The van der Waals surface area contributed by atoms with Gasteiger partial charge in [0.05, 0.1) is 11.2 Å². The van der Waals surface area contributed by atoms with E-state index in [0.717, 1.165) is 21.6 Å². The van der Waals surface area contributed by atoms with Crippen LogP contribution in [0.15, 0.2) is 54.6 Å². The smallest absolute Gasteiger partial charge is 0.0724 e. The molecule has 1 heterocycles. The van der Waals surface area contributed by atoms with Gasteiger partial charge in [-0.1, -0.05) is 54.1 Å². The Morgan fingerprint density at radius 1 is 1.00 bits per heavy atom. The van der Waals surface area contributed by atoms with Gasteiger partial charge in [0.15, 0.2) is 0 Å². The van der Waals surface area contributed by atoms with E-state index in [9.17, 15) is 0 Å². The van der Waals surface area contributed by atoms with Gasteiger partial charge in [0.1, 0.15) is 0 Å². The summed E-state index contributed by atoms with van der Waals surface area (Å²) in [4.78, 5) is 4.66. The van der Waals surface area contributed by atoms with Gasteiger partial charge in [-0.2, -0.15) is 0 Å². The number of fused-ring (bicyclic) bond motifs is 1. The molecule has 2 heteroatoms. The molecule has 1 fully saturated rings. The van der Waals surface area contributed by atoms with Crippen molar-refractivity contribution in [2.24, 2.45) is 0 Å². The molecule has 1 aromatic heterocycles. The van der Waals surface area contributed by atoms with Crippen molar-refractivity contribution in [2.75, 3.05) is 0 Å². The van der Waals surface area contributed by atoms with Crippen LogP contribution in [0.1, 0.15) is 29.2 Å². The standard InChI is InChI=1S/C20H15ClN/c21-17-10-7-16-9-12-18(22-20(16)13-17)11-8-14-3-1-2-4-19(14)15-5-6-15/h1-5,7-13,15H,6H2/b11-8+. The van der Waals surface area contributed by atoms with E-state index in [1.807, 2.05) is 24.3 Å². The lowest BCUT2D eigenvalue weighted by Gasteiger charge is -2.04. The first kappa shape index (κ1) is 13.5. The fraction of sp³-hybridized carbons (Fsp3) is 0.100. The average Bonchev–Trinajstić information content (AvgIpc) is 3.37. The molecule has 4 rings (SSSR count). The molecule has 3 aromatic rings. The molecule has 0 spiro atoms. The maximum atomic E-state index is 6.05. The van der Waals surface area contributed by atoms with E-state index in [1.54, 1.807) is 0 Å². The van der Waals surface area contributed by atoms with Crippen LogP contribution >= 0.6 is 11.6 Å². The molecule has 107 valence electrons. The third-order valence-corrected chi connectivity index (χ3v) is 4.21. The monoisotopic (exact) mass is 304 g/mol. The molecule has 2 aromatic carbocycles. The highest BCUT2D eigenvalue weighted by Crippen LogP contribution is 2.40. The Morgan fingerprint density at radius 2 is 1.82 bits per heavy atom. The van der Waals surface area contributed by atoms with Crippen LogP contribution < -0.4 is 0 Å². The van der Waals surface area contributed by atoms with Gasteiger partial charge < -0.3 is 0 Å². The molecule has 1 aliphatic carbocycles. The van der Waals surface area contributed by atoms with Crippen molar-refractivity contribution in [3.63, 3.8) is 0 Å². The molecule has 0 bridgehead atoms. The van der Waals surface area contributed by atoms with Gasteiger partial charge >= 0.3 is 0 Å². The molecule has 1 unspecified atom stereocenters. The summed E-state index contributed by atoms with van der Waals surface area (Å²) in [6.45, 7) is 0. The van der Waals surface area contributed by atoms with Crippen molar-refractivity contribution in [1.29, 1.82) is 0 Å². The number of hydrogen-bond acceptors (Lipinski definition) is 1. The van der Waals surface area contributed by atoms with Gasteiger partial charge in [-0.05, 0) is 54.2 Å². The van der Waals surface area contributed by atoms with Crippen molar-refractivity contribution >= 4 is 34.7 Å². The number of aromatic nitrogens is 1. The van der Waals surface area contributed by atoms with Gasteiger partial charge in [-0.15, -0.1) is 0 Å². The molecule has 1 nitrogen and oxygen atoms in total. The number of nitrogens with zero attached hydrogens (tertiary/aromatic N) is 1. The van der Waals surface area contributed by atoms with Crippen LogP contribution in [0.5, 0.6) is 0 Å². The maximum absolute atomic E-state index is 6.05. The fourth-order valence-corrected chi connectivity index (χ4v) is 2.86. The predicted molar refractivity (Wildman–Crippen MR) is 93.8 cm³/mol. The van der Waals surface area contributed by atoms with Crippen molar-refractivity contribution in [1.82, 2.24) is 4.98 Å². The largest absolute Gasteiger partial charge is 0.248 e. The lowest BCUT2D eigenvalue weighted by Crippen LogP contribution is -1.86. The summed E-state index contributed by atoms with van der Waals surface area (Å²) in [5.74, 6) is 0.629. The molecule has 0 aliphatic heterocycles. The summed E-state index contributed by atoms with van der Waals surface area (Å²) in [6, 6.07) is 18.5. The second kappa shape index (κ2) is 5.58. The third kappa shape index (κ3) is 2.77. The van der Waals surface area contributed by atoms with E-state index >= 15 is 0 Å². The lowest BCUT2D eigenvalue weighted by atomic mass is 10.0. The highest BCUT2D eigenvalue weighted by Gasteiger charge is 2.25. The van der Waals surface area contributed by atoms with Crippen LogP contribution in [0.25, 0.3) is 23.1 Å². The van der Waals surface area contributed by atoms with Gasteiger partial charge in [0.2, 0.25) is 0 Å². The molecule has 0 saturated heterocycles. The predicted octanol–water partition coefficient (Wildman–Crippen LogP) is 5.75. The summed E-state index contributed by atoms with van der Waals surface area (Å²) in [7, 11) is 0. The van der Waals surface area contributed by atoms with Crippen LogP contribution in [0, 0.1) is 6.42 Å². The molecular formula is C20H15ClN. The number of pyridine rings is 1. The van der Waals surface area contributed by atoms with Crippen molar-refractivity contribution < 1.29 is 0 Å². The van der Waals surface area contributed by atoms with Crippen LogP contribution in [-0.2, 0) is 0 Å². The minimum absolute atomic E-state index is 0.629. The van der Waals surface area contributed by atoms with E-state index in [0.29, 0.717) is 5.92 Å². The number of rotatable bonds is 3. The quantitative estimate of drug-likeness (QED) is 0.600. The molecule has 1 aliphatic rings. The Morgan fingerprint density at radius 3 is 2.68 bits per heavy atom. The number of halogens is 1. The second-order valence-corrected chi connectivity index (χ2v) is 6.05. The van der Waals surface area contributed by atoms with Crippen LogP contribution in [0.2, 0.25) is 5.02 Å². The number of hydrogen-bond donors (Lipinski definition) is 0. The SMILES string of the molecule is Clc1ccc2ccc(/C=C/c3ccccc3C3[CH]C3)nc2c1. The summed E-state index contributed by atoms with van der Waals surface area (Å²) in [5.41, 5.74) is 4.56. The first-order chi connectivity index (χ1) is 10.8. The van der Waals surface area contributed by atoms with E-state index < -0.39 is 0 Å². The molecule has 1 radical (unpaired) electrons. The van der Waals surface area contributed by atoms with Crippen LogP contribution in [0.4, 0.5) is 0 Å². The summed E-state index contributed by atoms with van der Waals surface area (Å²) in [5, 5.41) is 1.82. The van der Waals surface area contributed by atoms with Crippen LogP contribution in [-0.4, -0.2) is 4.98 Å². The lowest BCUT2D eigenvalue weighted by molar-refractivity contribution is 1.15. The second-order valence-electron chi connectivity index (χ2n) is 5.61. The number of benzene rings is 2. The van der Waals surface area contributed by atoms with E-state index in [-0.39, 0.29) is 0 Å².